The summed E-state index contributed by atoms with van der Waals surface area (Å²) < 4.78 is 52.5. The number of ether oxygens (including phenoxy) is 2. The summed E-state index contributed by atoms with van der Waals surface area (Å²) in [5.41, 5.74) is 4.76. The van der Waals surface area contributed by atoms with Gasteiger partial charge in [-0.3, -0.25) is 4.79 Å². The molecule has 8 heteroatoms. The number of rotatable bonds is 5. The van der Waals surface area contributed by atoms with Gasteiger partial charge in [0.25, 0.3) is 0 Å². The minimum absolute atomic E-state index is 0.348. The molecule has 1 aromatic heterocycles. The molecule has 0 radical (unpaired) electrons. The number of alkyl halides is 3. The highest BCUT2D eigenvalue weighted by atomic mass is 19.4. The van der Waals surface area contributed by atoms with Crippen molar-refractivity contribution in [3.05, 3.63) is 58.9 Å². The number of amides is 1. The smallest absolute Gasteiger partial charge is 0.496 e. The molecular formula is C25H24F3NO4. The van der Waals surface area contributed by atoms with Gasteiger partial charge in [-0.2, -0.15) is 0 Å². The molecule has 0 spiro atoms. The third-order valence-electron chi connectivity index (χ3n) is 5.76. The first-order chi connectivity index (χ1) is 15.7. The number of carbonyl (C=O) groups excluding carboxylic acids is 1. The van der Waals surface area contributed by atoms with E-state index in [0.717, 1.165) is 65.7 Å². The molecule has 1 aliphatic carbocycles. The number of benzene rings is 2. The number of hydrogen-bond acceptors (Lipinski definition) is 4. The largest absolute Gasteiger partial charge is 0.573 e. The van der Waals surface area contributed by atoms with Crippen LogP contribution in [0, 0.1) is 6.92 Å². The Hall–Kier alpha value is -3.42. The van der Waals surface area contributed by atoms with E-state index in [2.05, 4.69) is 10.1 Å². The van der Waals surface area contributed by atoms with Crippen molar-refractivity contribution >= 4 is 28.1 Å². The Labute approximate surface area is 189 Å². The zero-order valence-corrected chi connectivity index (χ0v) is 18.6. The second kappa shape index (κ2) is 8.84. The lowest BCUT2D eigenvalue weighted by atomic mass is 9.93. The molecular weight excluding hydrogens is 435 g/mol. The SMILES string of the molecule is COc1c(/C(C)=C/C(=O)Nc2ccc(OC(F)(F)F)cc2)cc2c3c(oc2c1C)CCCC3. The summed E-state index contributed by atoms with van der Waals surface area (Å²) in [5.74, 6) is 0.898. The van der Waals surface area contributed by atoms with E-state index in [1.807, 2.05) is 19.9 Å². The lowest BCUT2D eigenvalue weighted by Crippen LogP contribution is -2.17. The van der Waals surface area contributed by atoms with Gasteiger partial charge in [0, 0.05) is 40.3 Å². The maximum Gasteiger partial charge on any atom is 0.573 e. The zero-order chi connectivity index (χ0) is 23.8. The Morgan fingerprint density at radius 1 is 1.15 bits per heavy atom. The molecule has 0 saturated carbocycles. The van der Waals surface area contributed by atoms with E-state index in [-0.39, 0.29) is 5.75 Å². The predicted octanol–water partition coefficient (Wildman–Crippen LogP) is 6.57. The van der Waals surface area contributed by atoms with Crippen molar-refractivity contribution in [2.24, 2.45) is 0 Å². The van der Waals surface area contributed by atoms with Crippen LogP contribution in [-0.4, -0.2) is 19.4 Å². The molecule has 0 saturated heterocycles. The number of anilines is 1. The van der Waals surface area contributed by atoms with Gasteiger partial charge < -0.3 is 19.2 Å². The lowest BCUT2D eigenvalue weighted by Gasteiger charge is -2.14. The number of carbonyl (C=O) groups is 1. The number of halogens is 3. The third kappa shape index (κ3) is 4.84. The average molecular weight is 459 g/mol. The molecule has 2 aromatic carbocycles. The summed E-state index contributed by atoms with van der Waals surface area (Å²) in [6.07, 6.45) is 0.785. The fraction of sp³-hybridized carbons (Fsp3) is 0.320. The normalized spacial score (nSPS) is 14.2. The summed E-state index contributed by atoms with van der Waals surface area (Å²) in [4.78, 5) is 12.6. The van der Waals surface area contributed by atoms with Gasteiger partial charge in [-0.05, 0) is 69.0 Å². The van der Waals surface area contributed by atoms with Crippen LogP contribution in [0.5, 0.6) is 11.5 Å². The Balaban J connectivity index is 1.60. The van der Waals surface area contributed by atoms with Crippen molar-refractivity contribution in [2.45, 2.75) is 45.9 Å². The summed E-state index contributed by atoms with van der Waals surface area (Å²) in [7, 11) is 1.58. The number of fused-ring (bicyclic) bond motifs is 3. The van der Waals surface area contributed by atoms with Gasteiger partial charge >= 0.3 is 6.36 Å². The Bertz CT molecular complexity index is 1220. The molecule has 33 heavy (non-hydrogen) atoms. The number of nitrogens with one attached hydrogen (secondary N) is 1. The van der Waals surface area contributed by atoms with Crippen LogP contribution >= 0.6 is 0 Å². The second-order valence-electron chi connectivity index (χ2n) is 8.06. The Morgan fingerprint density at radius 3 is 2.52 bits per heavy atom. The minimum Gasteiger partial charge on any atom is -0.496 e. The third-order valence-corrected chi connectivity index (χ3v) is 5.76. The van der Waals surface area contributed by atoms with Crippen molar-refractivity contribution in [3.63, 3.8) is 0 Å². The van der Waals surface area contributed by atoms with Gasteiger partial charge in [-0.25, -0.2) is 0 Å². The summed E-state index contributed by atoms with van der Waals surface area (Å²) in [6.45, 7) is 3.76. The first kappa shape index (κ1) is 22.8. The van der Waals surface area contributed by atoms with Crippen molar-refractivity contribution in [2.75, 3.05) is 12.4 Å². The fourth-order valence-electron chi connectivity index (χ4n) is 4.29. The zero-order valence-electron chi connectivity index (χ0n) is 18.6. The molecule has 0 unspecified atom stereocenters. The number of aryl methyl sites for hydroxylation is 3. The van der Waals surface area contributed by atoms with Gasteiger partial charge in [0.1, 0.15) is 22.8 Å². The topological polar surface area (TPSA) is 60.7 Å². The van der Waals surface area contributed by atoms with E-state index in [1.54, 1.807) is 7.11 Å². The number of methoxy groups -OCH3 is 1. The molecule has 1 aliphatic rings. The van der Waals surface area contributed by atoms with Crippen molar-refractivity contribution in [3.8, 4) is 11.5 Å². The Morgan fingerprint density at radius 2 is 1.85 bits per heavy atom. The van der Waals surface area contributed by atoms with Crippen LogP contribution in [0.2, 0.25) is 0 Å². The van der Waals surface area contributed by atoms with Crippen LogP contribution in [0.1, 0.15) is 42.2 Å². The van der Waals surface area contributed by atoms with Crippen molar-refractivity contribution in [1.29, 1.82) is 0 Å². The van der Waals surface area contributed by atoms with E-state index in [4.69, 9.17) is 9.15 Å². The van der Waals surface area contributed by atoms with Gasteiger partial charge in [-0.1, -0.05) is 0 Å². The Kier molecular flexibility index (Phi) is 6.10. The molecule has 0 fully saturated rings. The van der Waals surface area contributed by atoms with Crippen LogP contribution < -0.4 is 14.8 Å². The van der Waals surface area contributed by atoms with E-state index < -0.39 is 12.3 Å². The number of allylic oxidation sites excluding steroid dienone is 1. The van der Waals surface area contributed by atoms with E-state index in [9.17, 15) is 18.0 Å². The molecule has 174 valence electrons. The van der Waals surface area contributed by atoms with Gasteiger partial charge in [-0.15, -0.1) is 13.2 Å². The van der Waals surface area contributed by atoms with Crippen molar-refractivity contribution < 1.29 is 31.9 Å². The van der Waals surface area contributed by atoms with Crippen molar-refractivity contribution in [1.82, 2.24) is 0 Å². The number of furan rings is 1. The van der Waals surface area contributed by atoms with Crippen LogP contribution in [0.15, 0.2) is 40.8 Å². The quantitative estimate of drug-likeness (QED) is 0.439. The van der Waals surface area contributed by atoms with Crippen LogP contribution in [0.25, 0.3) is 16.5 Å². The molecule has 3 aromatic rings. The first-order valence-electron chi connectivity index (χ1n) is 10.6. The molecule has 0 bridgehead atoms. The summed E-state index contributed by atoms with van der Waals surface area (Å²) in [6, 6.07) is 6.98. The van der Waals surface area contributed by atoms with Crippen LogP contribution in [0.4, 0.5) is 18.9 Å². The maximum atomic E-state index is 12.6. The van der Waals surface area contributed by atoms with Crippen LogP contribution in [-0.2, 0) is 17.6 Å². The molecule has 1 amide bonds. The monoisotopic (exact) mass is 459 g/mol. The number of hydrogen-bond donors (Lipinski definition) is 1. The first-order valence-corrected chi connectivity index (χ1v) is 10.6. The molecule has 1 heterocycles. The average Bonchev–Trinajstić information content (AvgIpc) is 3.13. The van der Waals surface area contributed by atoms with E-state index >= 15 is 0 Å². The predicted molar refractivity (Wildman–Crippen MR) is 120 cm³/mol. The van der Waals surface area contributed by atoms with Crippen LogP contribution in [0.3, 0.4) is 0 Å². The highest BCUT2D eigenvalue weighted by Crippen LogP contribution is 2.41. The summed E-state index contributed by atoms with van der Waals surface area (Å²) in [5, 5.41) is 3.70. The lowest BCUT2D eigenvalue weighted by molar-refractivity contribution is -0.274. The van der Waals surface area contributed by atoms with Gasteiger partial charge in [0.05, 0.1) is 7.11 Å². The molecule has 1 N–H and O–H groups in total. The fourth-order valence-corrected chi connectivity index (χ4v) is 4.29. The maximum absolute atomic E-state index is 12.6. The van der Waals surface area contributed by atoms with Gasteiger partial charge in [0.15, 0.2) is 0 Å². The van der Waals surface area contributed by atoms with E-state index in [1.165, 1.54) is 23.8 Å². The molecule has 0 aliphatic heterocycles. The van der Waals surface area contributed by atoms with Gasteiger partial charge in [0.2, 0.25) is 5.91 Å². The van der Waals surface area contributed by atoms with E-state index in [0.29, 0.717) is 17.0 Å². The highest BCUT2D eigenvalue weighted by molar-refractivity contribution is 6.05. The highest BCUT2D eigenvalue weighted by Gasteiger charge is 2.31. The molecule has 5 nitrogen and oxygen atoms in total. The molecule has 4 rings (SSSR count). The summed E-state index contributed by atoms with van der Waals surface area (Å²) >= 11 is 0. The minimum atomic E-state index is -4.77. The molecule has 0 atom stereocenters. The standard InChI is InChI=1S/C25H24F3NO4/c1-14(12-22(30)29-16-8-10-17(11-9-16)33-25(26,27)28)19-13-20-18-6-4-5-7-21(18)32-24(20)15(2)23(19)31-3/h8-13H,4-7H2,1-3H3,(H,29,30)/b14-12+. The second-order valence-corrected chi connectivity index (χ2v) is 8.06.